The van der Waals surface area contributed by atoms with Crippen LogP contribution >= 0.6 is 0 Å². The Kier molecular flexibility index (Phi) is 6.92. The van der Waals surface area contributed by atoms with E-state index in [1.165, 1.54) is 11.9 Å². The fourth-order valence-corrected chi connectivity index (χ4v) is 3.77. The minimum atomic E-state index is -0.171. The highest BCUT2D eigenvalue weighted by atomic mass is 16.5. The number of rotatable bonds is 7. The molecular weight excluding hydrogens is 404 g/mol. The Labute approximate surface area is 189 Å². The molecule has 168 valence electrons. The van der Waals surface area contributed by atoms with Crippen molar-refractivity contribution >= 4 is 5.95 Å². The molecule has 3 heterocycles. The zero-order valence-electron chi connectivity index (χ0n) is 19.1. The Hall–Kier alpha value is -3.10. The minimum Gasteiger partial charge on any atom is -0.491 e. The summed E-state index contributed by atoms with van der Waals surface area (Å²) in [6.45, 7) is 7.14. The highest BCUT2D eigenvalue weighted by Crippen LogP contribution is 2.31. The van der Waals surface area contributed by atoms with Gasteiger partial charge in [0.1, 0.15) is 18.2 Å². The standard InChI is InChI=1S/C24H30N6O2/c1-17(2)32-20-7-5-6-18(10-20)14-30-8-9-31-22(15-30)23-21(19-11-25-16-26-12-19)13-27-24(28-23)29(3)4/h5-7,10-13,16-17,22H,8-9,14-15H2,1-4H3. The van der Waals surface area contributed by atoms with Gasteiger partial charge in [0.25, 0.3) is 0 Å². The molecule has 0 amide bonds. The maximum Gasteiger partial charge on any atom is 0.225 e. The van der Waals surface area contributed by atoms with Gasteiger partial charge in [-0.3, -0.25) is 4.90 Å². The Bertz CT molecular complexity index is 1030. The van der Waals surface area contributed by atoms with Crippen LogP contribution in [0, 0.1) is 0 Å². The summed E-state index contributed by atoms with van der Waals surface area (Å²) in [4.78, 5) is 22.0. The molecule has 8 heteroatoms. The van der Waals surface area contributed by atoms with Gasteiger partial charge in [0, 0.05) is 63.4 Å². The lowest BCUT2D eigenvalue weighted by Gasteiger charge is -2.33. The number of hydrogen-bond donors (Lipinski definition) is 0. The van der Waals surface area contributed by atoms with Crippen molar-refractivity contribution in [1.29, 1.82) is 0 Å². The smallest absolute Gasteiger partial charge is 0.225 e. The molecule has 0 radical (unpaired) electrons. The van der Waals surface area contributed by atoms with Gasteiger partial charge in [-0.05, 0) is 31.5 Å². The summed E-state index contributed by atoms with van der Waals surface area (Å²) >= 11 is 0. The zero-order chi connectivity index (χ0) is 22.5. The Balaban J connectivity index is 1.57. The fourth-order valence-electron chi connectivity index (χ4n) is 3.77. The molecule has 1 fully saturated rings. The molecule has 8 nitrogen and oxygen atoms in total. The average Bonchev–Trinajstić information content (AvgIpc) is 2.79. The van der Waals surface area contributed by atoms with E-state index in [-0.39, 0.29) is 12.2 Å². The number of nitrogens with zero attached hydrogens (tertiary/aromatic N) is 6. The first-order valence-corrected chi connectivity index (χ1v) is 10.9. The highest BCUT2D eigenvalue weighted by molar-refractivity contribution is 5.64. The van der Waals surface area contributed by atoms with Crippen LogP contribution in [-0.2, 0) is 11.3 Å². The largest absolute Gasteiger partial charge is 0.491 e. The molecule has 0 N–H and O–H groups in total. The van der Waals surface area contributed by atoms with Gasteiger partial charge in [-0.1, -0.05) is 12.1 Å². The summed E-state index contributed by atoms with van der Waals surface area (Å²) in [7, 11) is 3.87. The molecule has 0 aliphatic carbocycles. The summed E-state index contributed by atoms with van der Waals surface area (Å²) in [5, 5.41) is 0. The molecule has 1 unspecified atom stereocenters. The summed E-state index contributed by atoms with van der Waals surface area (Å²) in [5.74, 6) is 1.56. The van der Waals surface area contributed by atoms with Gasteiger partial charge >= 0.3 is 0 Å². The van der Waals surface area contributed by atoms with Crippen LogP contribution in [0.5, 0.6) is 5.75 Å². The van der Waals surface area contributed by atoms with Gasteiger partial charge in [-0.2, -0.15) is 0 Å². The van der Waals surface area contributed by atoms with Crippen LogP contribution in [-0.4, -0.2) is 64.7 Å². The van der Waals surface area contributed by atoms with Crippen molar-refractivity contribution in [3.8, 4) is 16.9 Å². The summed E-state index contributed by atoms with van der Waals surface area (Å²) in [5.41, 5.74) is 3.86. The lowest BCUT2D eigenvalue weighted by Crippen LogP contribution is -2.38. The lowest BCUT2D eigenvalue weighted by molar-refractivity contribution is -0.0347. The molecule has 1 aliphatic rings. The van der Waals surface area contributed by atoms with E-state index in [9.17, 15) is 0 Å². The van der Waals surface area contributed by atoms with Crippen molar-refractivity contribution in [2.24, 2.45) is 0 Å². The molecule has 1 atom stereocenters. The molecule has 32 heavy (non-hydrogen) atoms. The average molecular weight is 435 g/mol. The third-order valence-electron chi connectivity index (χ3n) is 5.21. The Morgan fingerprint density at radius 2 is 2.00 bits per heavy atom. The van der Waals surface area contributed by atoms with Gasteiger partial charge in [0.05, 0.1) is 18.4 Å². The van der Waals surface area contributed by atoms with Gasteiger partial charge in [-0.25, -0.2) is 19.9 Å². The van der Waals surface area contributed by atoms with E-state index < -0.39 is 0 Å². The maximum absolute atomic E-state index is 6.19. The molecule has 1 saturated heterocycles. The molecule has 1 aliphatic heterocycles. The molecule has 0 bridgehead atoms. The van der Waals surface area contributed by atoms with E-state index in [4.69, 9.17) is 14.5 Å². The molecule has 4 rings (SSSR count). The fraction of sp³-hybridized carbons (Fsp3) is 0.417. The van der Waals surface area contributed by atoms with Gasteiger partial charge in [-0.15, -0.1) is 0 Å². The van der Waals surface area contributed by atoms with E-state index >= 15 is 0 Å². The molecule has 3 aromatic rings. The second-order valence-electron chi connectivity index (χ2n) is 8.40. The van der Waals surface area contributed by atoms with Crippen molar-refractivity contribution in [2.75, 3.05) is 38.7 Å². The molecule has 0 saturated carbocycles. The number of ether oxygens (including phenoxy) is 2. The molecule has 2 aromatic heterocycles. The Morgan fingerprint density at radius 1 is 1.19 bits per heavy atom. The monoisotopic (exact) mass is 434 g/mol. The third-order valence-corrected chi connectivity index (χ3v) is 5.21. The van der Waals surface area contributed by atoms with Crippen molar-refractivity contribution in [3.63, 3.8) is 0 Å². The first-order valence-electron chi connectivity index (χ1n) is 10.9. The van der Waals surface area contributed by atoms with Crippen LogP contribution in [0.4, 0.5) is 5.95 Å². The predicted octanol–water partition coefficient (Wildman–Crippen LogP) is 3.36. The van der Waals surface area contributed by atoms with E-state index in [2.05, 4.69) is 32.0 Å². The third kappa shape index (κ3) is 5.38. The number of morpholine rings is 1. The van der Waals surface area contributed by atoms with Gasteiger partial charge in [0.2, 0.25) is 5.95 Å². The molecule has 0 spiro atoms. The quantitative estimate of drug-likeness (QED) is 0.560. The molecule has 1 aromatic carbocycles. The highest BCUT2D eigenvalue weighted by Gasteiger charge is 2.27. The van der Waals surface area contributed by atoms with Gasteiger partial charge in [0.15, 0.2) is 0 Å². The van der Waals surface area contributed by atoms with Crippen LogP contribution < -0.4 is 9.64 Å². The van der Waals surface area contributed by atoms with E-state index in [1.54, 1.807) is 12.4 Å². The van der Waals surface area contributed by atoms with Crippen molar-refractivity contribution in [2.45, 2.75) is 32.6 Å². The number of aromatic nitrogens is 4. The Morgan fingerprint density at radius 3 is 2.75 bits per heavy atom. The van der Waals surface area contributed by atoms with Crippen LogP contribution in [0.1, 0.15) is 31.2 Å². The SMILES string of the molecule is CC(C)Oc1cccc(CN2CCOC(c3nc(N(C)C)ncc3-c3cncnc3)C2)c1. The van der Waals surface area contributed by atoms with Crippen molar-refractivity contribution < 1.29 is 9.47 Å². The first kappa shape index (κ1) is 22.1. The summed E-state index contributed by atoms with van der Waals surface area (Å²) in [6.07, 6.45) is 6.91. The van der Waals surface area contributed by atoms with E-state index in [0.717, 1.165) is 42.2 Å². The first-order chi connectivity index (χ1) is 15.5. The summed E-state index contributed by atoms with van der Waals surface area (Å²) < 4.78 is 12.0. The van der Waals surface area contributed by atoms with E-state index in [1.807, 2.05) is 51.2 Å². The molecular formula is C24H30N6O2. The second-order valence-corrected chi connectivity index (χ2v) is 8.40. The zero-order valence-corrected chi connectivity index (χ0v) is 19.1. The van der Waals surface area contributed by atoms with Crippen molar-refractivity contribution in [1.82, 2.24) is 24.8 Å². The number of anilines is 1. The minimum absolute atomic E-state index is 0.155. The second kappa shape index (κ2) is 10.0. The van der Waals surface area contributed by atoms with Crippen molar-refractivity contribution in [3.05, 3.63) is 60.4 Å². The number of hydrogen-bond acceptors (Lipinski definition) is 8. The lowest BCUT2D eigenvalue weighted by atomic mass is 10.0. The number of benzene rings is 1. The summed E-state index contributed by atoms with van der Waals surface area (Å²) in [6, 6.07) is 8.31. The van der Waals surface area contributed by atoms with Crippen LogP contribution in [0.15, 0.2) is 49.2 Å². The van der Waals surface area contributed by atoms with E-state index in [0.29, 0.717) is 12.6 Å². The van der Waals surface area contributed by atoms with Crippen LogP contribution in [0.2, 0.25) is 0 Å². The predicted molar refractivity (Wildman–Crippen MR) is 124 cm³/mol. The van der Waals surface area contributed by atoms with Crippen LogP contribution in [0.3, 0.4) is 0 Å². The van der Waals surface area contributed by atoms with Gasteiger partial charge < -0.3 is 14.4 Å². The maximum atomic E-state index is 6.19. The van der Waals surface area contributed by atoms with Crippen LogP contribution in [0.25, 0.3) is 11.1 Å². The topological polar surface area (TPSA) is 76.5 Å². The normalized spacial score (nSPS) is 16.8.